The van der Waals surface area contributed by atoms with Gasteiger partial charge >= 0.3 is 0 Å². The van der Waals surface area contributed by atoms with Crippen LogP contribution in [-0.4, -0.2) is 11.0 Å². The summed E-state index contributed by atoms with van der Waals surface area (Å²) in [5.41, 5.74) is 1.17. The average Bonchev–Trinajstić information content (AvgIpc) is 2.51. The molecular weight excluding hydrogens is 180 g/mol. The molecule has 0 aliphatic heterocycles. The van der Waals surface area contributed by atoms with Gasteiger partial charge in [0.1, 0.15) is 0 Å². The highest BCUT2D eigenvalue weighted by Gasteiger charge is 2.10. The van der Waals surface area contributed by atoms with Crippen LogP contribution < -0.4 is 5.32 Å². The van der Waals surface area contributed by atoms with Gasteiger partial charge in [0.15, 0.2) is 0 Å². The Kier molecular flexibility index (Phi) is 3.88. The fraction of sp³-hybridized carbons (Fsp3) is 0.700. The van der Waals surface area contributed by atoms with Crippen molar-refractivity contribution >= 4 is 11.3 Å². The number of thiazole rings is 1. The summed E-state index contributed by atoms with van der Waals surface area (Å²) >= 11 is 1.72. The second-order valence-electron chi connectivity index (χ2n) is 3.49. The molecule has 2 unspecified atom stereocenters. The Balaban J connectivity index is 2.53. The number of nitrogens with zero attached hydrogens (tertiary/aromatic N) is 1. The molecule has 0 radical (unpaired) electrons. The molecule has 1 N–H and O–H groups in total. The SMILES string of the molecule is CCC(C)NC(C)c1csc(C)n1. The Hall–Kier alpha value is -0.410. The normalized spacial score (nSPS) is 15.7. The molecule has 2 atom stereocenters. The molecule has 0 bridgehead atoms. The first-order valence-electron chi connectivity index (χ1n) is 4.81. The van der Waals surface area contributed by atoms with Crippen LogP contribution in [0.1, 0.15) is 43.9 Å². The molecule has 0 aliphatic rings. The van der Waals surface area contributed by atoms with Crippen LogP contribution in [-0.2, 0) is 0 Å². The lowest BCUT2D eigenvalue weighted by Crippen LogP contribution is -2.28. The number of nitrogens with one attached hydrogen (secondary N) is 1. The molecule has 3 heteroatoms. The number of hydrogen-bond acceptors (Lipinski definition) is 3. The van der Waals surface area contributed by atoms with E-state index in [-0.39, 0.29) is 0 Å². The molecule has 0 aromatic carbocycles. The van der Waals surface area contributed by atoms with Crippen LogP contribution >= 0.6 is 11.3 Å². The van der Waals surface area contributed by atoms with Crippen molar-refractivity contribution in [1.82, 2.24) is 10.3 Å². The van der Waals surface area contributed by atoms with E-state index in [1.807, 2.05) is 6.92 Å². The Morgan fingerprint density at radius 1 is 1.54 bits per heavy atom. The summed E-state index contributed by atoms with van der Waals surface area (Å²) < 4.78 is 0. The van der Waals surface area contributed by atoms with Crippen molar-refractivity contribution < 1.29 is 0 Å². The van der Waals surface area contributed by atoms with E-state index in [2.05, 4.69) is 36.5 Å². The molecule has 0 fully saturated rings. The Morgan fingerprint density at radius 3 is 2.69 bits per heavy atom. The number of aromatic nitrogens is 1. The summed E-state index contributed by atoms with van der Waals surface area (Å²) in [7, 11) is 0. The zero-order chi connectivity index (χ0) is 9.84. The maximum Gasteiger partial charge on any atom is 0.0898 e. The minimum Gasteiger partial charge on any atom is -0.306 e. The highest BCUT2D eigenvalue weighted by Crippen LogP contribution is 2.16. The summed E-state index contributed by atoms with van der Waals surface area (Å²) in [6.45, 7) is 8.61. The van der Waals surface area contributed by atoms with E-state index in [9.17, 15) is 0 Å². The van der Waals surface area contributed by atoms with Crippen molar-refractivity contribution in [1.29, 1.82) is 0 Å². The molecule has 13 heavy (non-hydrogen) atoms. The maximum absolute atomic E-state index is 4.45. The summed E-state index contributed by atoms with van der Waals surface area (Å²) in [6, 6.07) is 0.942. The minimum atomic E-state index is 0.375. The minimum absolute atomic E-state index is 0.375. The predicted molar refractivity (Wildman–Crippen MR) is 58.2 cm³/mol. The predicted octanol–water partition coefficient (Wildman–Crippen LogP) is 2.90. The summed E-state index contributed by atoms with van der Waals surface area (Å²) in [5, 5.41) is 6.78. The van der Waals surface area contributed by atoms with Gasteiger partial charge in [0, 0.05) is 17.5 Å². The first kappa shape index (κ1) is 10.7. The van der Waals surface area contributed by atoms with E-state index in [0.29, 0.717) is 12.1 Å². The largest absolute Gasteiger partial charge is 0.306 e. The summed E-state index contributed by atoms with van der Waals surface area (Å²) in [5.74, 6) is 0. The van der Waals surface area contributed by atoms with Gasteiger partial charge in [-0.1, -0.05) is 6.92 Å². The van der Waals surface area contributed by atoms with Gasteiger partial charge in [0.05, 0.1) is 10.7 Å². The molecular formula is C10H18N2S. The quantitative estimate of drug-likeness (QED) is 0.804. The fourth-order valence-corrected chi connectivity index (χ4v) is 1.92. The van der Waals surface area contributed by atoms with Gasteiger partial charge in [-0.15, -0.1) is 11.3 Å². The molecule has 1 aromatic heterocycles. The van der Waals surface area contributed by atoms with Gasteiger partial charge < -0.3 is 5.32 Å². The smallest absolute Gasteiger partial charge is 0.0898 e. The third kappa shape index (κ3) is 3.08. The molecule has 2 nitrogen and oxygen atoms in total. The van der Waals surface area contributed by atoms with E-state index in [0.717, 1.165) is 11.4 Å². The highest BCUT2D eigenvalue weighted by atomic mass is 32.1. The molecule has 0 amide bonds. The van der Waals surface area contributed by atoms with Gasteiger partial charge in [-0.2, -0.15) is 0 Å². The van der Waals surface area contributed by atoms with Gasteiger partial charge in [-0.05, 0) is 27.2 Å². The average molecular weight is 198 g/mol. The van der Waals surface area contributed by atoms with Crippen LogP contribution in [0.2, 0.25) is 0 Å². The van der Waals surface area contributed by atoms with Gasteiger partial charge in [0.25, 0.3) is 0 Å². The van der Waals surface area contributed by atoms with Crippen molar-refractivity contribution in [3.05, 3.63) is 16.1 Å². The second-order valence-corrected chi connectivity index (χ2v) is 4.55. The second kappa shape index (κ2) is 4.72. The highest BCUT2D eigenvalue weighted by molar-refractivity contribution is 7.09. The Morgan fingerprint density at radius 2 is 2.23 bits per heavy atom. The van der Waals surface area contributed by atoms with Gasteiger partial charge in [-0.3, -0.25) is 0 Å². The van der Waals surface area contributed by atoms with Gasteiger partial charge in [-0.25, -0.2) is 4.98 Å². The monoisotopic (exact) mass is 198 g/mol. The Bertz CT molecular complexity index is 257. The third-order valence-corrected chi connectivity index (χ3v) is 3.02. The standard InChI is InChI=1S/C10H18N2S/c1-5-7(2)11-8(3)10-6-13-9(4)12-10/h6-8,11H,5H2,1-4H3. The van der Waals surface area contributed by atoms with Crippen LogP contribution in [0.3, 0.4) is 0 Å². The molecule has 1 rings (SSSR count). The third-order valence-electron chi connectivity index (χ3n) is 2.23. The van der Waals surface area contributed by atoms with Crippen LogP contribution in [0.15, 0.2) is 5.38 Å². The van der Waals surface area contributed by atoms with E-state index in [4.69, 9.17) is 0 Å². The molecule has 74 valence electrons. The van der Waals surface area contributed by atoms with Crippen molar-refractivity contribution in [2.45, 2.75) is 46.2 Å². The lowest BCUT2D eigenvalue weighted by Gasteiger charge is -2.16. The summed E-state index contributed by atoms with van der Waals surface area (Å²) in [4.78, 5) is 4.45. The lowest BCUT2D eigenvalue weighted by atomic mass is 10.2. The number of rotatable bonds is 4. The first-order valence-corrected chi connectivity index (χ1v) is 5.69. The van der Waals surface area contributed by atoms with E-state index >= 15 is 0 Å². The zero-order valence-electron chi connectivity index (χ0n) is 8.79. The number of aryl methyl sites for hydroxylation is 1. The molecule has 0 aliphatic carbocycles. The molecule has 0 saturated carbocycles. The van der Waals surface area contributed by atoms with Crippen molar-refractivity contribution in [3.8, 4) is 0 Å². The van der Waals surface area contributed by atoms with Gasteiger partial charge in [0.2, 0.25) is 0 Å². The van der Waals surface area contributed by atoms with Crippen LogP contribution in [0.5, 0.6) is 0 Å². The Labute approximate surface area is 84.4 Å². The van der Waals surface area contributed by atoms with Crippen LogP contribution in [0, 0.1) is 6.92 Å². The van der Waals surface area contributed by atoms with E-state index < -0.39 is 0 Å². The lowest BCUT2D eigenvalue weighted by molar-refractivity contribution is 0.463. The van der Waals surface area contributed by atoms with E-state index in [1.165, 1.54) is 5.69 Å². The molecule has 1 heterocycles. The topological polar surface area (TPSA) is 24.9 Å². The van der Waals surface area contributed by atoms with Crippen molar-refractivity contribution in [2.24, 2.45) is 0 Å². The number of hydrogen-bond donors (Lipinski definition) is 1. The summed E-state index contributed by atoms with van der Waals surface area (Å²) in [6.07, 6.45) is 1.16. The van der Waals surface area contributed by atoms with Crippen molar-refractivity contribution in [2.75, 3.05) is 0 Å². The van der Waals surface area contributed by atoms with E-state index in [1.54, 1.807) is 11.3 Å². The fourth-order valence-electron chi connectivity index (χ4n) is 1.21. The maximum atomic E-state index is 4.45. The molecule has 0 saturated heterocycles. The van der Waals surface area contributed by atoms with Crippen LogP contribution in [0.25, 0.3) is 0 Å². The van der Waals surface area contributed by atoms with Crippen molar-refractivity contribution in [3.63, 3.8) is 0 Å². The first-order chi connectivity index (χ1) is 6.13. The van der Waals surface area contributed by atoms with Crippen LogP contribution in [0.4, 0.5) is 0 Å². The molecule has 0 spiro atoms. The molecule has 1 aromatic rings. The zero-order valence-corrected chi connectivity index (χ0v) is 9.61.